The number of aromatic nitrogens is 5. The molecule has 0 unspecified atom stereocenters. The van der Waals surface area contributed by atoms with E-state index in [-0.39, 0.29) is 0 Å². The van der Waals surface area contributed by atoms with Gasteiger partial charge >= 0.3 is 0 Å². The lowest BCUT2D eigenvalue weighted by molar-refractivity contribution is 0.741. The molecule has 0 aliphatic carbocycles. The minimum atomic E-state index is 0.293. The Morgan fingerprint density at radius 2 is 2.00 bits per heavy atom. The van der Waals surface area contributed by atoms with Crippen LogP contribution in [0.4, 0.5) is 11.6 Å². The molecular formula is C13H21N7. The van der Waals surface area contributed by atoms with Crippen molar-refractivity contribution in [3.8, 4) is 0 Å². The van der Waals surface area contributed by atoms with Crippen molar-refractivity contribution in [1.29, 1.82) is 0 Å². The summed E-state index contributed by atoms with van der Waals surface area (Å²) < 4.78 is 1.70. The van der Waals surface area contributed by atoms with E-state index < -0.39 is 0 Å². The molecule has 0 radical (unpaired) electrons. The summed E-state index contributed by atoms with van der Waals surface area (Å²) >= 11 is 0. The minimum Gasteiger partial charge on any atom is -0.373 e. The van der Waals surface area contributed by atoms with Crippen LogP contribution in [0.2, 0.25) is 0 Å². The highest BCUT2D eigenvalue weighted by atomic mass is 15.3. The van der Waals surface area contributed by atoms with Gasteiger partial charge in [-0.1, -0.05) is 13.8 Å². The van der Waals surface area contributed by atoms with Crippen molar-refractivity contribution in [3.63, 3.8) is 0 Å². The number of aryl methyl sites for hydroxylation is 1. The minimum absolute atomic E-state index is 0.293. The first-order valence-electron chi connectivity index (χ1n) is 6.73. The van der Waals surface area contributed by atoms with E-state index in [1.54, 1.807) is 11.0 Å². The molecule has 0 saturated heterocycles. The van der Waals surface area contributed by atoms with Crippen LogP contribution in [-0.2, 0) is 13.5 Å². The van der Waals surface area contributed by atoms with Gasteiger partial charge in [-0.05, 0) is 0 Å². The summed E-state index contributed by atoms with van der Waals surface area (Å²) in [5.74, 6) is 3.59. The summed E-state index contributed by atoms with van der Waals surface area (Å²) in [6.07, 6.45) is 2.47. The van der Waals surface area contributed by atoms with Crippen molar-refractivity contribution >= 4 is 11.6 Å². The van der Waals surface area contributed by atoms with E-state index in [1.807, 2.05) is 20.2 Å². The highest BCUT2D eigenvalue weighted by Crippen LogP contribution is 2.16. The Morgan fingerprint density at radius 3 is 2.60 bits per heavy atom. The van der Waals surface area contributed by atoms with Crippen LogP contribution in [0.1, 0.15) is 31.4 Å². The Balaban J connectivity index is 1.99. The zero-order chi connectivity index (χ0) is 14.5. The standard InChI is InChI=1S/C13H21N7/c1-9(2)13-17-11(14-3)7-12(18-13)15-6-5-10-16-8-20(4)19-10/h7-9H,5-6H2,1-4H3,(H2,14,15,17,18). The molecule has 0 aliphatic heterocycles. The molecule has 20 heavy (non-hydrogen) atoms. The van der Waals surface area contributed by atoms with E-state index in [2.05, 4.69) is 44.5 Å². The van der Waals surface area contributed by atoms with E-state index in [0.717, 1.165) is 36.3 Å². The van der Waals surface area contributed by atoms with E-state index in [4.69, 9.17) is 0 Å². The van der Waals surface area contributed by atoms with E-state index in [0.29, 0.717) is 5.92 Å². The fraction of sp³-hybridized carbons (Fsp3) is 0.538. The molecule has 2 N–H and O–H groups in total. The average molecular weight is 275 g/mol. The van der Waals surface area contributed by atoms with Gasteiger partial charge < -0.3 is 10.6 Å². The topological polar surface area (TPSA) is 80.5 Å². The summed E-state index contributed by atoms with van der Waals surface area (Å²) in [7, 11) is 3.72. The van der Waals surface area contributed by atoms with Crippen molar-refractivity contribution in [2.45, 2.75) is 26.2 Å². The first-order valence-corrected chi connectivity index (χ1v) is 6.73. The monoisotopic (exact) mass is 275 g/mol. The van der Waals surface area contributed by atoms with Gasteiger partial charge in [0.25, 0.3) is 0 Å². The molecule has 0 spiro atoms. The fourth-order valence-corrected chi connectivity index (χ4v) is 1.74. The fourth-order valence-electron chi connectivity index (χ4n) is 1.74. The second-order valence-corrected chi connectivity index (χ2v) is 4.91. The molecule has 2 aromatic rings. The average Bonchev–Trinajstić information content (AvgIpc) is 2.84. The van der Waals surface area contributed by atoms with Crippen LogP contribution in [-0.4, -0.2) is 38.3 Å². The maximum atomic E-state index is 4.51. The first-order chi connectivity index (χ1) is 9.58. The summed E-state index contributed by atoms with van der Waals surface area (Å²) in [6, 6.07) is 1.90. The third kappa shape index (κ3) is 3.66. The van der Waals surface area contributed by atoms with Gasteiger partial charge in [-0.2, -0.15) is 5.10 Å². The first kappa shape index (κ1) is 14.2. The van der Waals surface area contributed by atoms with Crippen LogP contribution in [0.5, 0.6) is 0 Å². The molecule has 2 heterocycles. The summed E-state index contributed by atoms with van der Waals surface area (Å²) in [4.78, 5) is 13.1. The normalized spacial score (nSPS) is 10.8. The van der Waals surface area contributed by atoms with Gasteiger partial charge in [0.15, 0.2) is 5.82 Å². The summed E-state index contributed by atoms with van der Waals surface area (Å²) in [6.45, 7) is 4.90. The van der Waals surface area contributed by atoms with Crippen molar-refractivity contribution in [2.24, 2.45) is 7.05 Å². The zero-order valence-electron chi connectivity index (χ0n) is 12.4. The van der Waals surface area contributed by atoms with Gasteiger partial charge in [0.1, 0.15) is 23.8 Å². The number of rotatable bonds is 6. The molecule has 0 bridgehead atoms. The SMILES string of the molecule is CNc1cc(NCCc2ncn(C)n2)nc(C(C)C)n1. The predicted molar refractivity (Wildman–Crippen MR) is 78.9 cm³/mol. The molecule has 7 heteroatoms. The number of nitrogens with zero attached hydrogens (tertiary/aromatic N) is 5. The molecule has 108 valence electrons. The molecule has 2 aromatic heterocycles. The van der Waals surface area contributed by atoms with Gasteiger partial charge in [-0.25, -0.2) is 15.0 Å². The van der Waals surface area contributed by atoms with E-state index >= 15 is 0 Å². The Kier molecular flexibility index (Phi) is 4.49. The number of anilines is 2. The van der Waals surface area contributed by atoms with Crippen LogP contribution >= 0.6 is 0 Å². The van der Waals surface area contributed by atoms with Gasteiger partial charge in [0, 0.05) is 39.0 Å². The van der Waals surface area contributed by atoms with Gasteiger partial charge in [0.2, 0.25) is 0 Å². The van der Waals surface area contributed by atoms with Crippen molar-refractivity contribution in [3.05, 3.63) is 24.0 Å². The molecule has 2 rings (SSSR count). The number of hydrogen-bond donors (Lipinski definition) is 2. The van der Waals surface area contributed by atoms with Crippen molar-refractivity contribution in [1.82, 2.24) is 24.7 Å². The molecule has 0 aromatic carbocycles. The molecule has 0 atom stereocenters. The highest BCUT2D eigenvalue weighted by Gasteiger charge is 2.07. The van der Waals surface area contributed by atoms with Gasteiger partial charge in [0.05, 0.1) is 0 Å². The third-order valence-electron chi connectivity index (χ3n) is 2.82. The smallest absolute Gasteiger partial charge is 0.152 e. The second kappa shape index (κ2) is 6.31. The van der Waals surface area contributed by atoms with Crippen LogP contribution in [0.3, 0.4) is 0 Å². The zero-order valence-corrected chi connectivity index (χ0v) is 12.4. The highest BCUT2D eigenvalue weighted by molar-refractivity contribution is 5.47. The van der Waals surface area contributed by atoms with Gasteiger partial charge in [-0.15, -0.1) is 0 Å². The second-order valence-electron chi connectivity index (χ2n) is 4.91. The largest absolute Gasteiger partial charge is 0.373 e. The van der Waals surface area contributed by atoms with Crippen LogP contribution < -0.4 is 10.6 Å². The molecule has 0 amide bonds. The van der Waals surface area contributed by atoms with Gasteiger partial charge in [-0.3, -0.25) is 4.68 Å². The van der Waals surface area contributed by atoms with Crippen LogP contribution in [0, 0.1) is 0 Å². The molecule has 7 nitrogen and oxygen atoms in total. The van der Waals surface area contributed by atoms with E-state index in [9.17, 15) is 0 Å². The van der Waals surface area contributed by atoms with E-state index in [1.165, 1.54) is 0 Å². The Hall–Kier alpha value is -2.18. The maximum Gasteiger partial charge on any atom is 0.152 e. The Morgan fingerprint density at radius 1 is 1.25 bits per heavy atom. The molecule has 0 saturated carbocycles. The third-order valence-corrected chi connectivity index (χ3v) is 2.82. The Bertz CT molecular complexity index is 562. The summed E-state index contributed by atoms with van der Waals surface area (Å²) in [5.41, 5.74) is 0. The lowest BCUT2D eigenvalue weighted by Gasteiger charge is -2.11. The summed E-state index contributed by atoms with van der Waals surface area (Å²) in [5, 5.41) is 10.6. The predicted octanol–water partition coefficient (Wildman–Crippen LogP) is 1.42. The Labute approximate surface area is 118 Å². The number of nitrogens with one attached hydrogen (secondary N) is 2. The molecule has 0 aliphatic rings. The quantitative estimate of drug-likeness (QED) is 0.830. The maximum absolute atomic E-state index is 4.51. The van der Waals surface area contributed by atoms with Crippen LogP contribution in [0.15, 0.2) is 12.4 Å². The lowest BCUT2D eigenvalue weighted by Crippen LogP contribution is -2.11. The van der Waals surface area contributed by atoms with Crippen LogP contribution in [0.25, 0.3) is 0 Å². The number of hydrogen-bond acceptors (Lipinski definition) is 6. The van der Waals surface area contributed by atoms with Crippen molar-refractivity contribution in [2.75, 3.05) is 24.2 Å². The molecular weight excluding hydrogens is 254 g/mol. The lowest BCUT2D eigenvalue weighted by atomic mass is 10.2. The van der Waals surface area contributed by atoms with Crippen molar-refractivity contribution < 1.29 is 0 Å². The molecule has 0 fully saturated rings.